The fourth-order valence-corrected chi connectivity index (χ4v) is 6.65. The first-order valence-corrected chi connectivity index (χ1v) is 17.4. The summed E-state index contributed by atoms with van der Waals surface area (Å²) >= 11 is 0. The Labute approximate surface area is 320 Å². The summed E-state index contributed by atoms with van der Waals surface area (Å²) in [6.07, 6.45) is -9.36. The van der Waals surface area contributed by atoms with Gasteiger partial charge in [-0.1, -0.05) is 6.07 Å². The van der Waals surface area contributed by atoms with Crippen LogP contribution < -0.4 is 23.7 Å². The quantitative estimate of drug-likeness (QED) is 0.0804. The summed E-state index contributed by atoms with van der Waals surface area (Å²) in [6.45, 7) is -2.30. The van der Waals surface area contributed by atoms with Crippen molar-refractivity contribution in [3.05, 3.63) is 71.3 Å². The zero-order valence-electron chi connectivity index (χ0n) is 30.5. The standard InChI is InChI=1S/C38H44O18/c1-48-25-12-19(5-7-23(25)41)32-22(14-39)21-10-18(11-27(50-3)33(21)55-32)4-9-29(43)51-16-38(47)17-52-37(35(38)46)56-34-31(45)30(44)28(15-40)54-36(34)53-20-6-8-24(42)26(13-20)49-2/h4-13,22,28,30-32,34-37,39-42,44-47H,14-17H2,1-3H3/b9-4+/t22-,28+,30-,31+,32+,34+,35+,36+,37-,38-/m1/s1. The van der Waals surface area contributed by atoms with Crippen LogP contribution in [-0.2, 0) is 23.7 Å². The van der Waals surface area contributed by atoms with Gasteiger partial charge in [-0.25, -0.2) is 4.79 Å². The Hall–Kier alpha value is -4.89. The van der Waals surface area contributed by atoms with E-state index >= 15 is 0 Å². The molecule has 2 fully saturated rings. The molecule has 56 heavy (non-hydrogen) atoms. The zero-order chi connectivity index (χ0) is 40.3. The predicted octanol–water partition coefficient (Wildman–Crippen LogP) is 0.241. The average Bonchev–Trinajstić information content (AvgIpc) is 3.72. The number of hydrogen-bond acceptors (Lipinski definition) is 18. The van der Waals surface area contributed by atoms with E-state index in [1.165, 1.54) is 51.7 Å². The number of phenols is 2. The maximum atomic E-state index is 12.8. The first-order valence-electron chi connectivity index (χ1n) is 17.4. The van der Waals surface area contributed by atoms with Gasteiger partial charge in [-0.15, -0.1) is 0 Å². The first kappa shape index (κ1) is 40.8. The maximum absolute atomic E-state index is 12.8. The van der Waals surface area contributed by atoms with Gasteiger partial charge in [0, 0.05) is 17.7 Å². The molecular formula is C38H44O18. The van der Waals surface area contributed by atoms with Crippen LogP contribution in [0.1, 0.15) is 28.7 Å². The molecule has 0 spiro atoms. The molecule has 0 radical (unpaired) electrons. The third-order valence-electron chi connectivity index (χ3n) is 9.77. The second-order valence-corrected chi connectivity index (χ2v) is 13.3. The molecule has 0 aromatic heterocycles. The van der Waals surface area contributed by atoms with Crippen LogP contribution in [0.3, 0.4) is 0 Å². The minimum atomic E-state index is -2.17. The second kappa shape index (κ2) is 17.1. The number of aliphatic hydroxyl groups is 6. The summed E-state index contributed by atoms with van der Waals surface area (Å²) in [5.41, 5.74) is -0.440. The summed E-state index contributed by atoms with van der Waals surface area (Å²) in [6, 6.07) is 12.0. The molecule has 6 rings (SSSR count). The van der Waals surface area contributed by atoms with Gasteiger partial charge in [0.1, 0.15) is 42.9 Å². The third-order valence-corrected chi connectivity index (χ3v) is 9.77. The van der Waals surface area contributed by atoms with Crippen molar-refractivity contribution < 1.29 is 88.3 Å². The number of ether oxygens (including phenoxy) is 9. The number of fused-ring (bicyclic) bond motifs is 1. The van der Waals surface area contributed by atoms with Crippen molar-refractivity contribution in [1.82, 2.24) is 0 Å². The number of benzene rings is 3. The van der Waals surface area contributed by atoms with Crippen LogP contribution in [0.2, 0.25) is 0 Å². The molecule has 3 aliphatic rings. The van der Waals surface area contributed by atoms with Gasteiger partial charge in [0.25, 0.3) is 0 Å². The summed E-state index contributed by atoms with van der Waals surface area (Å²) < 4.78 is 50.0. The number of rotatable bonds is 14. The molecule has 0 aliphatic carbocycles. The molecule has 10 atom stereocenters. The number of aliphatic hydroxyl groups excluding tert-OH is 5. The normalized spacial score (nSPS) is 29.8. The Balaban J connectivity index is 1.10. The Bertz CT molecular complexity index is 1890. The van der Waals surface area contributed by atoms with Gasteiger partial charge in [-0.05, 0) is 53.6 Å². The number of methoxy groups -OCH3 is 3. The number of aromatic hydroxyl groups is 2. The van der Waals surface area contributed by atoms with Crippen LogP contribution in [0, 0.1) is 0 Å². The molecule has 0 saturated carbocycles. The molecule has 0 bridgehead atoms. The Kier molecular flexibility index (Phi) is 12.4. The SMILES string of the molecule is COc1cc(O[C@H]2O[C@@H](CO)[C@@H](O)[C@H](O)[C@@H]2O[C@H]2OC[C@](O)(COC(=O)/C=C/c3cc(OC)c4c(c3)[C@@H](CO)[C@H](c3ccc(O)c(OC)c3)O4)[C@H]2O)ccc1O. The number of carbonyl (C=O) groups excluding carboxylic acids is 1. The van der Waals surface area contributed by atoms with E-state index in [0.29, 0.717) is 28.2 Å². The van der Waals surface area contributed by atoms with Gasteiger partial charge in [-0.3, -0.25) is 0 Å². The number of phenolic OH excluding ortho intramolecular Hbond substituents is 2. The molecule has 8 N–H and O–H groups in total. The lowest BCUT2D eigenvalue weighted by atomic mass is 9.90. The van der Waals surface area contributed by atoms with Crippen LogP contribution in [0.15, 0.2) is 54.6 Å². The lowest BCUT2D eigenvalue weighted by Gasteiger charge is -2.42. The average molecular weight is 789 g/mol. The van der Waals surface area contributed by atoms with Crippen molar-refractivity contribution in [1.29, 1.82) is 0 Å². The molecule has 3 aliphatic heterocycles. The second-order valence-electron chi connectivity index (χ2n) is 13.3. The topological polar surface area (TPSA) is 262 Å². The van der Waals surface area contributed by atoms with Crippen LogP contribution in [0.4, 0.5) is 0 Å². The van der Waals surface area contributed by atoms with Crippen LogP contribution in [0.5, 0.6) is 40.2 Å². The molecule has 0 amide bonds. The molecule has 304 valence electrons. The number of hydrogen-bond donors (Lipinski definition) is 8. The fraction of sp³-hybridized carbons (Fsp3) is 0.447. The maximum Gasteiger partial charge on any atom is 0.330 e. The van der Waals surface area contributed by atoms with E-state index in [-0.39, 0.29) is 35.4 Å². The van der Waals surface area contributed by atoms with Crippen molar-refractivity contribution in [3.63, 3.8) is 0 Å². The van der Waals surface area contributed by atoms with E-state index in [9.17, 15) is 45.6 Å². The predicted molar refractivity (Wildman–Crippen MR) is 189 cm³/mol. The van der Waals surface area contributed by atoms with E-state index in [1.807, 2.05) is 0 Å². The molecule has 0 unspecified atom stereocenters. The van der Waals surface area contributed by atoms with Crippen molar-refractivity contribution in [2.75, 3.05) is 47.8 Å². The highest BCUT2D eigenvalue weighted by Crippen LogP contribution is 2.51. The molecule has 3 heterocycles. The first-order chi connectivity index (χ1) is 26.8. The van der Waals surface area contributed by atoms with Gasteiger partial charge in [-0.2, -0.15) is 0 Å². The largest absolute Gasteiger partial charge is 0.504 e. The number of esters is 1. The lowest BCUT2D eigenvalue weighted by molar-refractivity contribution is -0.318. The molecule has 3 aromatic rings. The fourth-order valence-electron chi connectivity index (χ4n) is 6.65. The highest BCUT2D eigenvalue weighted by atomic mass is 16.8. The van der Waals surface area contributed by atoms with Gasteiger partial charge < -0.3 is 83.5 Å². The van der Waals surface area contributed by atoms with Gasteiger partial charge in [0.15, 0.2) is 52.5 Å². The van der Waals surface area contributed by atoms with E-state index in [2.05, 4.69) is 0 Å². The van der Waals surface area contributed by atoms with E-state index in [1.54, 1.807) is 24.3 Å². The minimum absolute atomic E-state index is 0.0535. The van der Waals surface area contributed by atoms with Crippen LogP contribution >= 0.6 is 0 Å². The zero-order valence-corrected chi connectivity index (χ0v) is 30.5. The Morgan fingerprint density at radius 3 is 2.25 bits per heavy atom. The molecule has 3 aromatic carbocycles. The highest BCUT2D eigenvalue weighted by Gasteiger charge is 2.54. The molecule has 18 nitrogen and oxygen atoms in total. The Morgan fingerprint density at radius 1 is 0.875 bits per heavy atom. The monoisotopic (exact) mass is 788 g/mol. The van der Waals surface area contributed by atoms with Crippen molar-refractivity contribution >= 4 is 12.0 Å². The van der Waals surface area contributed by atoms with Gasteiger partial charge in [0.2, 0.25) is 6.29 Å². The molecule has 18 heteroatoms. The third kappa shape index (κ3) is 8.15. The van der Waals surface area contributed by atoms with Crippen LogP contribution in [-0.4, -0.2) is 143 Å². The van der Waals surface area contributed by atoms with E-state index in [4.69, 9.17) is 42.6 Å². The minimum Gasteiger partial charge on any atom is -0.504 e. The summed E-state index contributed by atoms with van der Waals surface area (Å²) in [5.74, 6) is -0.579. The van der Waals surface area contributed by atoms with E-state index in [0.717, 1.165) is 6.08 Å². The summed E-state index contributed by atoms with van der Waals surface area (Å²) in [4.78, 5) is 12.8. The van der Waals surface area contributed by atoms with Crippen molar-refractivity contribution in [2.24, 2.45) is 0 Å². The summed E-state index contributed by atoms with van der Waals surface area (Å²) in [7, 11) is 4.18. The number of carbonyl (C=O) groups is 1. The van der Waals surface area contributed by atoms with Crippen molar-refractivity contribution in [3.8, 4) is 40.2 Å². The molecule has 2 saturated heterocycles. The smallest absolute Gasteiger partial charge is 0.330 e. The van der Waals surface area contributed by atoms with Crippen LogP contribution in [0.25, 0.3) is 6.08 Å². The van der Waals surface area contributed by atoms with Gasteiger partial charge in [0.05, 0.1) is 47.1 Å². The van der Waals surface area contributed by atoms with E-state index < -0.39 is 86.5 Å². The van der Waals surface area contributed by atoms with Gasteiger partial charge >= 0.3 is 5.97 Å². The molecular weight excluding hydrogens is 744 g/mol. The lowest BCUT2D eigenvalue weighted by Crippen LogP contribution is -2.62. The summed E-state index contributed by atoms with van der Waals surface area (Å²) in [5, 5.41) is 83.7. The Morgan fingerprint density at radius 2 is 1.57 bits per heavy atom. The highest BCUT2D eigenvalue weighted by molar-refractivity contribution is 5.87. The van der Waals surface area contributed by atoms with Crippen molar-refractivity contribution in [2.45, 2.75) is 60.7 Å².